The van der Waals surface area contributed by atoms with Gasteiger partial charge in [0.1, 0.15) is 5.52 Å². The summed E-state index contributed by atoms with van der Waals surface area (Å²) >= 11 is 6.88. The first kappa shape index (κ1) is 28.8. The number of alkyl halides is 1. The fourth-order valence-corrected chi connectivity index (χ4v) is 6.12. The van der Waals surface area contributed by atoms with E-state index in [0.717, 1.165) is 22.7 Å². The molecule has 12 heteroatoms. The number of benzene rings is 1. The number of aryl methyl sites for hydroxylation is 2. The van der Waals surface area contributed by atoms with Gasteiger partial charge >= 0.3 is 0 Å². The number of rotatable bonds is 6. The van der Waals surface area contributed by atoms with Crippen LogP contribution < -0.4 is 9.80 Å². The van der Waals surface area contributed by atoms with Crippen LogP contribution in [-0.4, -0.2) is 73.5 Å². The number of halogens is 2. The van der Waals surface area contributed by atoms with Crippen LogP contribution in [0.1, 0.15) is 36.7 Å². The van der Waals surface area contributed by atoms with Gasteiger partial charge in [-0.3, -0.25) is 24.6 Å². The molecule has 2 amide bonds. The number of para-hydroxylation sites is 1. The van der Waals surface area contributed by atoms with Gasteiger partial charge in [-0.05, 0) is 43.5 Å². The monoisotopic (exact) mass is 603 g/mol. The zero-order valence-electron chi connectivity index (χ0n) is 24.2. The first-order valence-electron chi connectivity index (χ1n) is 13.9. The fraction of sp³-hybridized carbons (Fsp3) is 0.323. The molecular weight excluding hydrogens is 573 g/mol. The second-order valence-corrected chi connectivity index (χ2v) is 11.9. The topological polar surface area (TPSA) is 119 Å². The molecule has 3 aromatic heterocycles. The van der Waals surface area contributed by atoms with Gasteiger partial charge in [-0.25, -0.2) is 9.37 Å². The summed E-state index contributed by atoms with van der Waals surface area (Å²) in [5.74, 6) is -0.979. The van der Waals surface area contributed by atoms with Gasteiger partial charge in [0, 0.05) is 22.8 Å². The van der Waals surface area contributed by atoms with E-state index in [0.29, 0.717) is 28.2 Å². The third-order valence-electron chi connectivity index (χ3n) is 8.04. The highest BCUT2D eigenvalue weighted by atomic mass is 35.5. The summed E-state index contributed by atoms with van der Waals surface area (Å²) < 4.78 is 15.9. The van der Waals surface area contributed by atoms with Crippen molar-refractivity contribution < 1.29 is 19.1 Å². The van der Waals surface area contributed by atoms with Crippen LogP contribution in [0.25, 0.3) is 22.2 Å². The Hall–Kier alpha value is -4.35. The molecule has 4 aromatic rings. The molecule has 0 aliphatic carbocycles. The lowest BCUT2D eigenvalue weighted by Crippen LogP contribution is -2.67. The quantitative estimate of drug-likeness (QED) is 0.299. The van der Waals surface area contributed by atoms with Gasteiger partial charge in [0.2, 0.25) is 12.1 Å². The Morgan fingerprint density at radius 2 is 2.05 bits per heavy atom. The van der Waals surface area contributed by atoms with E-state index in [2.05, 4.69) is 21.8 Å². The summed E-state index contributed by atoms with van der Waals surface area (Å²) in [7, 11) is 0. The number of aromatic nitrogens is 4. The number of amides is 2. The number of carbonyl (C=O) groups excluding carboxylic acids is 2. The maximum absolute atomic E-state index is 15.9. The summed E-state index contributed by atoms with van der Waals surface area (Å²) in [6.07, 6.45) is 1.05. The summed E-state index contributed by atoms with van der Waals surface area (Å²) in [4.78, 5) is 39.5. The Morgan fingerprint density at radius 3 is 2.74 bits per heavy atom. The van der Waals surface area contributed by atoms with E-state index < -0.39 is 17.8 Å². The van der Waals surface area contributed by atoms with Crippen molar-refractivity contribution in [3.63, 3.8) is 0 Å². The Labute approximate surface area is 252 Å². The predicted octanol–water partition coefficient (Wildman–Crippen LogP) is 4.95. The van der Waals surface area contributed by atoms with E-state index in [-0.39, 0.29) is 48.0 Å². The number of hydrogen-bond acceptors (Lipinski definition) is 7. The molecule has 222 valence electrons. The molecule has 5 heterocycles. The molecule has 0 spiro atoms. The standard InChI is InChI=1S/C31H31ClFN7O3/c1-6-23(41)38-13-31(33,14-38)15-39-22-12-21(32)26(20-9-7-8-19-18(5)36-37-25(19)20)35-28(22)40(30(43)29(39)42)27-17(4)10-11-34-24(27)16(2)3/h6-12,16,29,42H,1,13-15H2,2-5H3,(H,36,37). The normalized spacial score (nSPS) is 17.8. The van der Waals surface area contributed by atoms with Gasteiger partial charge in [-0.1, -0.05) is 50.2 Å². The fourth-order valence-electron chi connectivity index (χ4n) is 5.88. The number of aliphatic hydroxyl groups excluding tert-OH is 1. The van der Waals surface area contributed by atoms with Crippen LogP contribution in [0.3, 0.4) is 0 Å². The Kier molecular flexibility index (Phi) is 6.97. The van der Waals surface area contributed by atoms with Crippen molar-refractivity contribution in [3.8, 4) is 11.3 Å². The molecule has 0 bridgehead atoms. The molecule has 0 radical (unpaired) electrons. The van der Waals surface area contributed by atoms with Gasteiger partial charge in [-0.2, -0.15) is 5.10 Å². The van der Waals surface area contributed by atoms with Crippen molar-refractivity contribution in [3.05, 3.63) is 71.2 Å². The Balaban J connectivity index is 1.55. The van der Waals surface area contributed by atoms with Gasteiger partial charge in [-0.15, -0.1) is 0 Å². The SMILES string of the molecule is C=CC(=O)N1CC(F)(CN2c3cc(Cl)c(-c4cccc5c(C)[nH]nc45)nc3N(c3c(C)ccnc3C(C)C)C(=O)C2O)C1. The van der Waals surface area contributed by atoms with Crippen molar-refractivity contribution in [1.29, 1.82) is 0 Å². The number of aromatic amines is 1. The number of anilines is 3. The lowest BCUT2D eigenvalue weighted by Gasteiger charge is -2.49. The second kappa shape index (κ2) is 10.4. The van der Waals surface area contributed by atoms with E-state index in [4.69, 9.17) is 16.6 Å². The number of fused-ring (bicyclic) bond motifs is 2. The number of nitrogens with zero attached hydrogens (tertiary/aromatic N) is 6. The number of likely N-dealkylation sites (tertiary alicyclic amines) is 1. The molecule has 1 saturated heterocycles. The highest BCUT2D eigenvalue weighted by Crippen LogP contribution is 2.47. The maximum Gasteiger partial charge on any atom is 0.282 e. The van der Waals surface area contributed by atoms with E-state index in [1.807, 2.05) is 45.9 Å². The number of pyridine rings is 2. The van der Waals surface area contributed by atoms with Crippen molar-refractivity contribution in [2.45, 2.75) is 45.5 Å². The zero-order chi connectivity index (χ0) is 30.8. The van der Waals surface area contributed by atoms with Crippen molar-refractivity contribution in [1.82, 2.24) is 25.1 Å². The van der Waals surface area contributed by atoms with Crippen LogP contribution in [0.15, 0.2) is 49.2 Å². The van der Waals surface area contributed by atoms with Crippen LogP contribution in [0.5, 0.6) is 0 Å². The molecule has 43 heavy (non-hydrogen) atoms. The molecular formula is C31H31ClFN7O3. The van der Waals surface area contributed by atoms with Crippen LogP contribution in [0.4, 0.5) is 21.6 Å². The van der Waals surface area contributed by atoms with Gasteiger partial charge in [0.15, 0.2) is 11.5 Å². The first-order valence-corrected chi connectivity index (χ1v) is 14.3. The maximum atomic E-state index is 15.9. The number of carbonyl (C=O) groups is 2. The molecule has 0 saturated carbocycles. The Bertz CT molecular complexity index is 1800. The minimum Gasteiger partial charge on any atom is -0.365 e. The highest BCUT2D eigenvalue weighted by molar-refractivity contribution is 6.34. The third-order valence-corrected chi connectivity index (χ3v) is 8.33. The molecule has 6 rings (SSSR count). The summed E-state index contributed by atoms with van der Waals surface area (Å²) in [5, 5.41) is 20.0. The van der Waals surface area contributed by atoms with Crippen LogP contribution in [-0.2, 0) is 9.59 Å². The number of aliphatic hydroxyl groups is 1. The van der Waals surface area contributed by atoms with E-state index in [9.17, 15) is 14.7 Å². The summed E-state index contributed by atoms with van der Waals surface area (Å²) in [6, 6.07) is 9.03. The highest BCUT2D eigenvalue weighted by Gasteiger charge is 2.50. The van der Waals surface area contributed by atoms with Crippen molar-refractivity contribution in [2.24, 2.45) is 0 Å². The number of H-pyrrole nitrogens is 1. The lowest BCUT2D eigenvalue weighted by molar-refractivity contribution is -0.140. The second-order valence-electron chi connectivity index (χ2n) is 11.5. The molecule has 2 aliphatic rings. The largest absolute Gasteiger partial charge is 0.365 e. The molecule has 1 atom stereocenters. The van der Waals surface area contributed by atoms with E-state index in [1.54, 1.807) is 18.3 Å². The first-order chi connectivity index (χ1) is 20.4. The minimum atomic E-state index is -1.88. The van der Waals surface area contributed by atoms with Crippen molar-refractivity contribution in [2.75, 3.05) is 29.4 Å². The van der Waals surface area contributed by atoms with Gasteiger partial charge in [0.25, 0.3) is 5.91 Å². The van der Waals surface area contributed by atoms with Crippen LogP contribution in [0.2, 0.25) is 5.02 Å². The zero-order valence-corrected chi connectivity index (χ0v) is 25.0. The average Bonchev–Trinajstić information content (AvgIpc) is 3.35. The van der Waals surface area contributed by atoms with Crippen LogP contribution in [0, 0.1) is 13.8 Å². The molecule has 1 aromatic carbocycles. The molecule has 2 aliphatic heterocycles. The molecule has 1 fully saturated rings. The average molecular weight is 604 g/mol. The molecule has 1 unspecified atom stereocenters. The smallest absolute Gasteiger partial charge is 0.282 e. The van der Waals surface area contributed by atoms with Crippen LogP contribution >= 0.6 is 11.6 Å². The summed E-state index contributed by atoms with van der Waals surface area (Å²) in [5.41, 5.74) is 2.84. The lowest BCUT2D eigenvalue weighted by atomic mass is 9.94. The molecule has 2 N–H and O–H groups in total. The number of nitrogens with one attached hydrogen (secondary N) is 1. The predicted molar refractivity (Wildman–Crippen MR) is 163 cm³/mol. The number of hydrogen-bond donors (Lipinski definition) is 2. The van der Waals surface area contributed by atoms with Crippen molar-refractivity contribution >= 4 is 51.5 Å². The van der Waals surface area contributed by atoms with Gasteiger partial charge < -0.3 is 14.9 Å². The summed E-state index contributed by atoms with van der Waals surface area (Å²) in [6.45, 7) is 10.4. The Morgan fingerprint density at radius 1 is 1.30 bits per heavy atom. The van der Waals surface area contributed by atoms with Gasteiger partial charge in [0.05, 0.1) is 47.4 Å². The third kappa shape index (κ3) is 4.63. The van der Waals surface area contributed by atoms with E-state index >= 15 is 4.39 Å². The minimum absolute atomic E-state index is 0.0636. The van der Waals surface area contributed by atoms with E-state index in [1.165, 1.54) is 14.7 Å². The molecule has 10 nitrogen and oxygen atoms in total.